The summed E-state index contributed by atoms with van der Waals surface area (Å²) in [6.07, 6.45) is 1.26. The summed E-state index contributed by atoms with van der Waals surface area (Å²) in [6, 6.07) is 4.88. The van der Waals surface area contributed by atoms with E-state index >= 15 is 0 Å². The van der Waals surface area contributed by atoms with Gasteiger partial charge in [0.2, 0.25) is 0 Å². The number of carbonyl (C=O) groups is 1. The zero-order chi connectivity index (χ0) is 18.1. The molecule has 0 fully saturated rings. The molecule has 0 aliphatic rings. The first kappa shape index (κ1) is 17.6. The van der Waals surface area contributed by atoms with Gasteiger partial charge in [0.1, 0.15) is 11.4 Å². The fraction of sp³-hybridized carbons (Fsp3) is 0.188. The summed E-state index contributed by atoms with van der Waals surface area (Å²) in [5.74, 6) is -0.593. The predicted octanol–water partition coefficient (Wildman–Crippen LogP) is 4.25. The van der Waals surface area contributed by atoms with Crippen molar-refractivity contribution in [3.63, 3.8) is 0 Å². The van der Waals surface area contributed by atoms with Crippen LogP contribution in [-0.2, 0) is 6.54 Å². The Kier molecular flexibility index (Phi) is 4.87. The molecule has 0 N–H and O–H groups in total. The largest absolute Gasteiger partial charge is 0.336 e. The Labute approximate surface area is 151 Å². The van der Waals surface area contributed by atoms with E-state index in [4.69, 9.17) is 23.2 Å². The van der Waals surface area contributed by atoms with Crippen molar-refractivity contribution < 1.29 is 13.6 Å². The molecule has 2 heterocycles. The number of hydrogen-bond acceptors (Lipinski definition) is 3. The number of nitrogens with zero attached hydrogens (tertiary/aromatic N) is 4. The van der Waals surface area contributed by atoms with Crippen molar-refractivity contribution in [2.45, 2.75) is 13.0 Å². The highest BCUT2D eigenvalue weighted by Gasteiger charge is 2.27. The number of hydrogen-bond donors (Lipinski definition) is 0. The number of rotatable bonds is 4. The third-order valence-corrected chi connectivity index (χ3v) is 3.99. The lowest BCUT2D eigenvalue weighted by Gasteiger charge is -2.18. The molecule has 0 saturated heterocycles. The fourth-order valence-electron chi connectivity index (χ4n) is 2.52. The number of halogens is 4. The topological polar surface area (TPSA) is 50.5 Å². The lowest BCUT2D eigenvalue weighted by molar-refractivity contribution is 0.0764. The lowest BCUT2D eigenvalue weighted by atomic mass is 10.2. The molecule has 25 heavy (non-hydrogen) atoms. The van der Waals surface area contributed by atoms with Crippen LogP contribution in [0.15, 0.2) is 36.8 Å². The van der Waals surface area contributed by atoms with E-state index in [2.05, 4.69) is 9.97 Å². The molecule has 3 rings (SSSR count). The van der Waals surface area contributed by atoms with Crippen molar-refractivity contribution in [2.24, 2.45) is 0 Å². The maximum Gasteiger partial charge on any atom is 0.282 e. The second-order valence-corrected chi connectivity index (χ2v) is 6.26. The van der Waals surface area contributed by atoms with Gasteiger partial charge in [-0.25, -0.2) is 13.8 Å². The molecule has 0 aliphatic carbocycles. The molecule has 0 atom stereocenters. The zero-order valence-electron chi connectivity index (χ0n) is 13.0. The Hall–Kier alpha value is -2.25. The first-order chi connectivity index (χ1) is 11.9. The maximum atomic E-state index is 13.3. The van der Waals surface area contributed by atoms with Crippen LogP contribution < -0.4 is 0 Å². The fourth-order valence-corrected chi connectivity index (χ4v) is 3.09. The molecule has 130 valence electrons. The van der Waals surface area contributed by atoms with Gasteiger partial charge < -0.3 is 4.90 Å². The molecular weight excluding hydrogens is 373 g/mol. The van der Waals surface area contributed by atoms with Gasteiger partial charge in [-0.2, -0.15) is 0 Å². The normalized spacial score (nSPS) is 11.3. The molecule has 1 aromatic carbocycles. The number of alkyl halides is 2. The van der Waals surface area contributed by atoms with Crippen LogP contribution in [0, 0.1) is 0 Å². The SMILES string of the molecule is CN(Cc1cc(Cl)cc(Cl)c1)C(=O)c1c(C(F)F)nc2cnccn12. The number of fused-ring (bicyclic) bond motifs is 1. The summed E-state index contributed by atoms with van der Waals surface area (Å²) in [7, 11) is 1.51. The predicted molar refractivity (Wildman–Crippen MR) is 90.2 cm³/mol. The number of amides is 1. The maximum absolute atomic E-state index is 13.3. The molecule has 0 saturated carbocycles. The second kappa shape index (κ2) is 6.93. The average Bonchev–Trinajstić information content (AvgIpc) is 2.92. The summed E-state index contributed by atoms with van der Waals surface area (Å²) in [5.41, 5.74) is 0.0970. The van der Waals surface area contributed by atoms with Gasteiger partial charge in [-0.15, -0.1) is 0 Å². The quantitative estimate of drug-likeness (QED) is 0.675. The van der Waals surface area contributed by atoms with Gasteiger partial charge in [-0.1, -0.05) is 23.2 Å². The van der Waals surface area contributed by atoms with Crippen molar-refractivity contribution in [3.8, 4) is 0 Å². The van der Waals surface area contributed by atoms with Crippen LogP contribution in [0.25, 0.3) is 5.65 Å². The Morgan fingerprint density at radius 1 is 1.28 bits per heavy atom. The van der Waals surface area contributed by atoms with Crippen LogP contribution in [-0.4, -0.2) is 32.2 Å². The van der Waals surface area contributed by atoms with E-state index in [1.807, 2.05) is 0 Å². The molecule has 3 aromatic rings. The molecule has 0 spiro atoms. The van der Waals surface area contributed by atoms with Crippen molar-refractivity contribution in [2.75, 3.05) is 7.05 Å². The summed E-state index contributed by atoms with van der Waals surface area (Å²) in [4.78, 5) is 21.7. The molecule has 2 aromatic heterocycles. The van der Waals surface area contributed by atoms with Crippen LogP contribution in [0.2, 0.25) is 10.0 Å². The Balaban J connectivity index is 1.97. The average molecular weight is 385 g/mol. The molecule has 0 unspecified atom stereocenters. The summed E-state index contributed by atoms with van der Waals surface area (Å²) in [6.45, 7) is 0.153. The van der Waals surface area contributed by atoms with Crippen molar-refractivity contribution in [1.29, 1.82) is 0 Å². The Bertz CT molecular complexity index is 925. The van der Waals surface area contributed by atoms with Gasteiger partial charge in [0.15, 0.2) is 5.65 Å². The monoisotopic (exact) mass is 384 g/mol. The molecule has 9 heteroatoms. The molecule has 1 amide bonds. The number of carbonyl (C=O) groups excluding carboxylic acids is 1. The Morgan fingerprint density at radius 2 is 1.96 bits per heavy atom. The van der Waals surface area contributed by atoms with Gasteiger partial charge in [0, 0.05) is 36.0 Å². The molecule has 0 aliphatic heterocycles. The standard InChI is InChI=1S/C16H12Cl2F2N4O/c1-23(8-9-4-10(17)6-11(18)5-9)16(25)14-13(15(19)20)22-12-7-21-2-3-24(12)14/h2-7,15H,8H2,1H3. The second-order valence-electron chi connectivity index (χ2n) is 5.39. The summed E-state index contributed by atoms with van der Waals surface area (Å²) in [5, 5.41) is 0.856. The lowest BCUT2D eigenvalue weighted by Crippen LogP contribution is -2.28. The first-order valence-electron chi connectivity index (χ1n) is 7.17. The van der Waals surface area contributed by atoms with E-state index in [-0.39, 0.29) is 17.9 Å². The minimum absolute atomic E-state index is 0.153. The van der Waals surface area contributed by atoms with Crippen LogP contribution >= 0.6 is 23.2 Å². The zero-order valence-corrected chi connectivity index (χ0v) is 14.5. The summed E-state index contributed by atoms with van der Waals surface area (Å²) >= 11 is 11.9. The van der Waals surface area contributed by atoms with Crippen molar-refractivity contribution in [3.05, 3.63) is 63.8 Å². The van der Waals surface area contributed by atoms with Gasteiger partial charge in [0.25, 0.3) is 12.3 Å². The molecule has 5 nitrogen and oxygen atoms in total. The Morgan fingerprint density at radius 3 is 2.60 bits per heavy atom. The first-order valence-corrected chi connectivity index (χ1v) is 7.93. The van der Waals surface area contributed by atoms with Crippen LogP contribution in [0.3, 0.4) is 0 Å². The smallest absolute Gasteiger partial charge is 0.282 e. The highest BCUT2D eigenvalue weighted by atomic mass is 35.5. The van der Waals surface area contributed by atoms with Gasteiger partial charge >= 0.3 is 0 Å². The number of imidazole rings is 1. The van der Waals surface area contributed by atoms with Crippen molar-refractivity contribution >= 4 is 34.8 Å². The minimum atomic E-state index is -2.88. The van der Waals surface area contributed by atoms with E-state index in [0.29, 0.717) is 15.6 Å². The van der Waals surface area contributed by atoms with Gasteiger partial charge in [-0.3, -0.25) is 14.2 Å². The van der Waals surface area contributed by atoms with Crippen molar-refractivity contribution in [1.82, 2.24) is 19.3 Å². The van der Waals surface area contributed by atoms with E-state index in [1.54, 1.807) is 18.2 Å². The van der Waals surface area contributed by atoms with Gasteiger partial charge in [0.05, 0.1) is 6.20 Å². The molecule has 0 bridgehead atoms. The van der Waals surface area contributed by atoms with Crippen LogP contribution in [0.5, 0.6) is 0 Å². The summed E-state index contributed by atoms with van der Waals surface area (Å²) < 4.78 is 27.9. The molecule has 0 radical (unpaired) electrons. The third kappa shape index (κ3) is 3.57. The van der Waals surface area contributed by atoms with Gasteiger partial charge in [-0.05, 0) is 23.8 Å². The van der Waals surface area contributed by atoms with E-state index in [1.165, 1.54) is 34.9 Å². The van der Waals surface area contributed by atoms with Crippen LogP contribution in [0.4, 0.5) is 8.78 Å². The highest BCUT2D eigenvalue weighted by molar-refractivity contribution is 6.34. The number of aromatic nitrogens is 3. The van der Waals surface area contributed by atoms with E-state index in [9.17, 15) is 13.6 Å². The highest BCUT2D eigenvalue weighted by Crippen LogP contribution is 2.25. The number of benzene rings is 1. The third-order valence-electron chi connectivity index (χ3n) is 3.56. The van der Waals surface area contributed by atoms with E-state index in [0.717, 1.165) is 0 Å². The minimum Gasteiger partial charge on any atom is -0.336 e. The van der Waals surface area contributed by atoms with E-state index < -0.39 is 18.0 Å². The molecular formula is C16H12Cl2F2N4O. The van der Waals surface area contributed by atoms with Crippen LogP contribution in [0.1, 0.15) is 28.2 Å².